The SMILES string of the molecule is O=C(N[C@H](C(=O)O)C12CC3CC(CC(C3)C1)C2)c1sc2ccccc2c1OCC1CCCCC1. The summed E-state index contributed by atoms with van der Waals surface area (Å²) < 4.78 is 7.35. The van der Waals surface area contributed by atoms with Crippen molar-refractivity contribution in [1.29, 1.82) is 0 Å². The highest BCUT2D eigenvalue weighted by Gasteiger charge is 2.56. The van der Waals surface area contributed by atoms with Crippen molar-refractivity contribution in [3.8, 4) is 5.75 Å². The summed E-state index contributed by atoms with van der Waals surface area (Å²) in [5.74, 6) is 1.88. The number of ether oxygens (including phenoxy) is 1. The predicted molar refractivity (Wildman–Crippen MR) is 133 cm³/mol. The number of carboxylic acids is 1. The normalized spacial score (nSPS) is 31.5. The van der Waals surface area contributed by atoms with Gasteiger partial charge >= 0.3 is 5.97 Å². The Kier molecular flexibility index (Phi) is 5.83. The van der Waals surface area contributed by atoms with Crippen molar-refractivity contribution in [3.05, 3.63) is 29.1 Å². The van der Waals surface area contributed by atoms with Crippen LogP contribution < -0.4 is 10.1 Å². The zero-order valence-electron chi connectivity index (χ0n) is 19.8. The molecule has 2 N–H and O–H groups in total. The molecule has 7 rings (SSSR count). The van der Waals surface area contributed by atoms with Crippen LogP contribution in [-0.2, 0) is 4.79 Å². The number of carbonyl (C=O) groups excluding carboxylic acids is 1. The second-order valence-corrected chi connectivity index (χ2v) is 12.6. The largest absolute Gasteiger partial charge is 0.491 e. The molecular formula is C28H35NO4S. The second kappa shape index (κ2) is 8.85. The topological polar surface area (TPSA) is 75.6 Å². The molecular weight excluding hydrogens is 446 g/mol. The summed E-state index contributed by atoms with van der Waals surface area (Å²) in [6, 6.07) is 7.13. The first-order chi connectivity index (χ1) is 16.5. The van der Waals surface area contributed by atoms with E-state index in [1.165, 1.54) is 62.7 Å². The van der Waals surface area contributed by atoms with Gasteiger partial charge in [0.05, 0.1) is 6.61 Å². The van der Waals surface area contributed by atoms with E-state index in [1.54, 1.807) is 0 Å². The first-order valence-corrected chi connectivity index (χ1v) is 14.0. The summed E-state index contributed by atoms with van der Waals surface area (Å²) in [7, 11) is 0. The summed E-state index contributed by atoms with van der Waals surface area (Å²) in [6.45, 7) is 0.623. The minimum atomic E-state index is -0.888. The Hall–Kier alpha value is -2.08. The minimum Gasteiger partial charge on any atom is -0.491 e. The number of carboxylic acid groups (broad SMARTS) is 1. The first-order valence-electron chi connectivity index (χ1n) is 13.2. The predicted octanol–water partition coefficient (Wildman–Crippen LogP) is 6.26. The number of hydrogen-bond donors (Lipinski definition) is 2. The number of aliphatic carboxylic acids is 1. The quantitative estimate of drug-likeness (QED) is 0.489. The van der Waals surface area contributed by atoms with Gasteiger partial charge < -0.3 is 15.2 Å². The van der Waals surface area contributed by atoms with Crippen molar-refractivity contribution in [2.24, 2.45) is 29.1 Å². The molecule has 0 radical (unpaired) electrons. The Morgan fingerprint density at radius 2 is 1.68 bits per heavy atom. The van der Waals surface area contributed by atoms with Crippen LogP contribution in [0.5, 0.6) is 5.75 Å². The van der Waals surface area contributed by atoms with Gasteiger partial charge in [-0.15, -0.1) is 11.3 Å². The number of amides is 1. The molecule has 0 aliphatic heterocycles. The number of carbonyl (C=O) groups is 2. The second-order valence-electron chi connectivity index (χ2n) is 11.6. The highest BCUT2D eigenvalue weighted by Crippen LogP contribution is 2.61. The summed E-state index contributed by atoms with van der Waals surface area (Å²) in [5, 5.41) is 14.2. The van der Waals surface area contributed by atoms with Gasteiger partial charge in [0.25, 0.3) is 5.91 Å². The third-order valence-corrected chi connectivity index (χ3v) is 10.3. The van der Waals surface area contributed by atoms with Crippen LogP contribution in [-0.4, -0.2) is 29.6 Å². The van der Waals surface area contributed by atoms with E-state index < -0.39 is 12.0 Å². The molecule has 0 saturated heterocycles. The lowest BCUT2D eigenvalue weighted by molar-refractivity contribution is -0.150. The third kappa shape index (κ3) is 4.02. The van der Waals surface area contributed by atoms with Crippen molar-refractivity contribution in [2.75, 3.05) is 6.61 Å². The van der Waals surface area contributed by atoms with Crippen LogP contribution >= 0.6 is 11.3 Å². The van der Waals surface area contributed by atoms with E-state index in [4.69, 9.17) is 4.74 Å². The minimum absolute atomic E-state index is 0.289. The highest BCUT2D eigenvalue weighted by atomic mass is 32.1. The van der Waals surface area contributed by atoms with Gasteiger partial charge in [0.2, 0.25) is 0 Å². The molecule has 1 aromatic heterocycles. The van der Waals surface area contributed by atoms with E-state index in [1.807, 2.05) is 24.3 Å². The lowest BCUT2D eigenvalue weighted by Crippen LogP contribution is -2.59. The molecule has 5 aliphatic carbocycles. The van der Waals surface area contributed by atoms with Crippen LogP contribution in [0.3, 0.4) is 0 Å². The van der Waals surface area contributed by atoms with Crippen LogP contribution in [0.2, 0.25) is 0 Å². The summed E-state index contributed by atoms with van der Waals surface area (Å²) >= 11 is 1.42. The molecule has 1 amide bonds. The van der Waals surface area contributed by atoms with Crippen molar-refractivity contribution in [3.63, 3.8) is 0 Å². The zero-order valence-corrected chi connectivity index (χ0v) is 20.6. The van der Waals surface area contributed by atoms with E-state index in [9.17, 15) is 14.7 Å². The maximum atomic E-state index is 13.7. The Morgan fingerprint density at radius 1 is 1.03 bits per heavy atom. The fraction of sp³-hybridized carbons (Fsp3) is 0.643. The monoisotopic (exact) mass is 481 g/mol. The molecule has 0 spiro atoms. The lowest BCUT2D eigenvalue weighted by atomic mass is 9.47. The van der Waals surface area contributed by atoms with Crippen molar-refractivity contribution < 1.29 is 19.4 Å². The van der Waals surface area contributed by atoms with E-state index in [-0.39, 0.29) is 11.3 Å². The van der Waals surface area contributed by atoms with Crippen molar-refractivity contribution >= 4 is 33.3 Å². The van der Waals surface area contributed by atoms with Gasteiger partial charge in [-0.3, -0.25) is 4.79 Å². The molecule has 5 aliphatic rings. The van der Waals surface area contributed by atoms with E-state index in [0.29, 0.717) is 40.9 Å². The highest BCUT2D eigenvalue weighted by molar-refractivity contribution is 7.21. The van der Waals surface area contributed by atoms with Gasteiger partial charge in [-0.25, -0.2) is 4.79 Å². The summed E-state index contributed by atoms with van der Waals surface area (Å²) in [4.78, 5) is 26.7. The van der Waals surface area contributed by atoms with Gasteiger partial charge in [-0.05, 0) is 87.2 Å². The molecule has 4 bridgehead atoms. The maximum Gasteiger partial charge on any atom is 0.326 e. The van der Waals surface area contributed by atoms with Gasteiger partial charge in [0.1, 0.15) is 10.9 Å². The molecule has 2 aromatic rings. The fourth-order valence-electron chi connectivity index (χ4n) is 8.07. The number of hydrogen-bond acceptors (Lipinski definition) is 4. The van der Waals surface area contributed by atoms with Crippen LogP contribution in [0, 0.1) is 29.1 Å². The molecule has 6 heteroatoms. The standard InChI is InChI=1S/C28H35NO4S/c30-26(29-25(27(31)32)28-13-18-10-19(14-28)12-20(11-18)15-28)24-23(21-8-4-5-9-22(21)34-24)33-16-17-6-2-1-3-7-17/h4-5,8-9,17-20,25H,1-3,6-7,10-16H2,(H,29,30)(H,31,32)/t18?,19?,20?,25-,28?/m1/s1. The number of nitrogens with one attached hydrogen (secondary N) is 1. The van der Waals surface area contributed by atoms with Gasteiger partial charge in [0, 0.05) is 15.5 Å². The molecule has 0 unspecified atom stereocenters. The molecule has 34 heavy (non-hydrogen) atoms. The van der Waals surface area contributed by atoms with Gasteiger partial charge in [-0.2, -0.15) is 0 Å². The fourth-order valence-corrected chi connectivity index (χ4v) is 9.12. The molecule has 182 valence electrons. The van der Waals surface area contributed by atoms with E-state index in [2.05, 4.69) is 5.32 Å². The summed E-state index contributed by atoms with van der Waals surface area (Å²) in [5.41, 5.74) is -0.296. The molecule has 1 aromatic carbocycles. The van der Waals surface area contributed by atoms with Gasteiger partial charge in [-0.1, -0.05) is 31.4 Å². The molecule has 1 atom stereocenters. The number of benzene rings is 1. The average molecular weight is 482 g/mol. The molecule has 1 heterocycles. The van der Waals surface area contributed by atoms with Crippen LogP contribution in [0.4, 0.5) is 0 Å². The molecule has 5 fully saturated rings. The lowest BCUT2D eigenvalue weighted by Gasteiger charge is -2.58. The molecule has 5 saturated carbocycles. The van der Waals surface area contributed by atoms with E-state index in [0.717, 1.165) is 29.3 Å². The van der Waals surface area contributed by atoms with Gasteiger partial charge in [0.15, 0.2) is 5.75 Å². The average Bonchev–Trinajstić information content (AvgIpc) is 3.19. The zero-order chi connectivity index (χ0) is 23.3. The Morgan fingerprint density at radius 3 is 2.32 bits per heavy atom. The number of fused-ring (bicyclic) bond motifs is 1. The van der Waals surface area contributed by atoms with E-state index >= 15 is 0 Å². The first kappa shape index (κ1) is 22.4. The third-order valence-electron chi connectivity index (χ3n) is 9.16. The Labute approximate surface area is 205 Å². The maximum absolute atomic E-state index is 13.7. The van der Waals surface area contributed by atoms with Crippen LogP contribution in [0.1, 0.15) is 80.3 Å². The van der Waals surface area contributed by atoms with Crippen molar-refractivity contribution in [2.45, 2.75) is 76.7 Å². The number of rotatable bonds is 7. The Bertz CT molecular complexity index is 1050. The summed E-state index contributed by atoms with van der Waals surface area (Å²) in [6.07, 6.45) is 12.7. The van der Waals surface area contributed by atoms with Crippen LogP contribution in [0.25, 0.3) is 10.1 Å². The molecule has 5 nitrogen and oxygen atoms in total. The van der Waals surface area contributed by atoms with Crippen molar-refractivity contribution in [1.82, 2.24) is 5.32 Å². The van der Waals surface area contributed by atoms with Crippen LogP contribution in [0.15, 0.2) is 24.3 Å². The Balaban J connectivity index is 1.27. The number of thiophene rings is 1. The smallest absolute Gasteiger partial charge is 0.326 e.